The zero-order valence-electron chi connectivity index (χ0n) is 15.3. The Bertz CT molecular complexity index is 1140. The number of aromatic nitrogens is 1. The van der Waals surface area contributed by atoms with Crippen LogP contribution in [0.1, 0.15) is 10.4 Å². The molecule has 0 amide bonds. The largest absolute Gasteiger partial charge is 0.481 e. The third-order valence-corrected chi connectivity index (χ3v) is 4.46. The summed E-state index contributed by atoms with van der Waals surface area (Å²) >= 11 is 0. The molecule has 138 valence electrons. The van der Waals surface area contributed by atoms with Crippen LogP contribution in [0.2, 0.25) is 0 Å². The van der Waals surface area contributed by atoms with Crippen molar-refractivity contribution < 1.29 is 14.3 Å². The number of nitrogen functional groups attached to an aromatic ring is 1. The van der Waals surface area contributed by atoms with Crippen LogP contribution in [-0.4, -0.2) is 18.1 Å². The molecule has 5 heteroatoms. The van der Waals surface area contributed by atoms with Crippen molar-refractivity contribution in [2.24, 2.45) is 0 Å². The minimum absolute atomic E-state index is 0.424. The van der Waals surface area contributed by atoms with Gasteiger partial charge in [0.2, 0.25) is 5.88 Å². The second kappa shape index (κ2) is 7.40. The average Bonchev–Trinajstić information content (AvgIpc) is 2.74. The highest BCUT2D eigenvalue weighted by atomic mass is 16.5. The summed E-state index contributed by atoms with van der Waals surface area (Å²) in [7, 11) is 1.56. The van der Waals surface area contributed by atoms with Crippen LogP contribution in [0, 0.1) is 0 Å². The van der Waals surface area contributed by atoms with Gasteiger partial charge in [0.15, 0.2) is 0 Å². The minimum atomic E-state index is -0.424. The van der Waals surface area contributed by atoms with E-state index in [-0.39, 0.29) is 0 Å². The van der Waals surface area contributed by atoms with Gasteiger partial charge in [-0.2, -0.15) is 0 Å². The van der Waals surface area contributed by atoms with E-state index in [2.05, 4.69) is 4.98 Å². The first-order valence-electron chi connectivity index (χ1n) is 8.76. The van der Waals surface area contributed by atoms with Crippen LogP contribution in [0.25, 0.3) is 21.9 Å². The number of ether oxygens (including phenoxy) is 2. The summed E-state index contributed by atoms with van der Waals surface area (Å²) in [6, 6.07) is 21.8. The summed E-state index contributed by atoms with van der Waals surface area (Å²) in [6.45, 7) is 0. The first-order valence-corrected chi connectivity index (χ1v) is 8.76. The van der Waals surface area contributed by atoms with Crippen molar-refractivity contribution in [1.29, 1.82) is 0 Å². The number of hydrogen-bond donors (Lipinski definition) is 1. The smallest absolute Gasteiger partial charge is 0.343 e. The Morgan fingerprint density at radius 3 is 2.39 bits per heavy atom. The molecule has 0 aliphatic carbocycles. The number of hydrogen-bond acceptors (Lipinski definition) is 5. The number of rotatable bonds is 4. The SMILES string of the molecule is COc1ncc(-c2ccc(N)cc2)c2c(OC(=O)c3ccccc3)cccc12. The fourth-order valence-electron chi connectivity index (χ4n) is 3.11. The fourth-order valence-corrected chi connectivity index (χ4v) is 3.11. The Kier molecular flexibility index (Phi) is 4.64. The van der Waals surface area contributed by atoms with Crippen molar-refractivity contribution in [2.75, 3.05) is 12.8 Å². The molecule has 0 fully saturated rings. The topological polar surface area (TPSA) is 74.4 Å². The van der Waals surface area contributed by atoms with E-state index in [0.717, 1.165) is 21.9 Å². The molecule has 0 aliphatic heterocycles. The van der Waals surface area contributed by atoms with Gasteiger partial charge < -0.3 is 15.2 Å². The number of esters is 1. The van der Waals surface area contributed by atoms with Crippen molar-refractivity contribution in [3.05, 3.63) is 84.6 Å². The van der Waals surface area contributed by atoms with Crippen LogP contribution in [0.4, 0.5) is 5.69 Å². The lowest BCUT2D eigenvalue weighted by molar-refractivity contribution is 0.0737. The maximum absolute atomic E-state index is 12.6. The molecule has 4 rings (SSSR count). The van der Waals surface area contributed by atoms with Crippen LogP contribution in [0.5, 0.6) is 11.6 Å². The Balaban J connectivity index is 1.89. The molecule has 0 spiro atoms. The van der Waals surface area contributed by atoms with Crippen LogP contribution in [0.3, 0.4) is 0 Å². The zero-order valence-corrected chi connectivity index (χ0v) is 15.3. The normalized spacial score (nSPS) is 10.6. The van der Waals surface area contributed by atoms with Gasteiger partial charge >= 0.3 is 5.97 Å². The van der Waals surface area contributed by atoms with Gasteiger partial charge in [0.25, 0.3) is 0 Å². The molecular formula is C23H18N2O3. The van der Waals surface area contributed by atoms with Crippen molar-refractivity contribution in [3.8, 4) is 22.8 Å². The van der Waals surface area contributed by atoms with E-state index in [9.17, 15) is 4.79 Å². The molecule has 0 aliphatic rings. The van der Waals surface area contributed by atoms with Gasteiger partial charge in [0.1, 0.15) is 5.75 Å². The highest BCUT2D eigenvalue weighted by Gasteiger charge is 2.17. The van der Waals surface area contributed by atoms with Crippen molar-refractivity contribution in [2.45, 2.75) is 0 Å². The number of carbonyl (C=O) groups excluding carboxylic acids is 1. The first kappa shape index (κ1) is 17.5. The molecule has 5 nitrogen and oxygen atoms in total. The van der Waals surface area contributed by atoms with Gasteiger partial charge in [-0.3, -0.25) is 0 Å². The zero-order chi connectivity index (χ0) is 19.5. The fraction of sp³-hybridized carbons (Fsp3) is 0.0435. The molecule has 0 saturated heterocycles. The van der Waals surface area contributed by atoms with Crippen LogP contribution in [-0.2, 0) is 0 Å². The first-order chi connectivity index (χ1) is 13.7. The van der Waals surface area contributed by atoms with Crippen LogP contribution in [0.15, 0.2) is 79.0 Å². The molecule has 4 aromatic rings. The quantitative estimate of drug-likeness (QED) is 0.320. The van der Waals surface area contributed by atoms with Gasteiger partial charge in [-0.25, -0.2) is 9.78 Å². The summed E-state index contributed by atoms with van der Waals surface area (Å²) < 4.78 is 11.2. The molecular weight excluding hydrogens is 352 g/mol. The Morgan fingerprint density at radius 1 is 0.929 bits per heavy atom. The number of methoxy groups -OCH3 is 1. The molecule has 3 aromatic carbocycles. The maximum atomic E-state index is 12.6. The number of carbonyl (C=O) groups is 1. The summed E-state index contributed by atoms with van der Waals surface area (Å²) in [6.07, 6.45) is 1.71. The highest BCUT2D eigenvalue weighted by molar-refractivity contribution is 6.04. The summed E-state index contributed by atoms with van der Waals surface area (Å²) in [5.74, 6) is 0.484. The van der Waals surface area contributed by atoms with E-state index in [0.29, 0.717) is 22.9 Å². The van der Waals surface area contributed by atoms with Crippen LogP contribution < -0.4 is 15.2 Å². The molecule has 0 radical (unpaired) electrons. The Labute approximate surface area is 162 Å². The predicted octanol–water partition coefficient (Wildman–Crippen LogP) is 4.71. The summed E-state index contributed by atoms with van der Waals surface area (Å²) in [4.78, 5) is 17.0. The standard InChI is InChI=1S/C23H18N2O3/c1-27-22-18-8-5-9-20(28-23(26)16-6-3-2-4-7-16)21(18)19(14-25-22)15-10-12-17(24)13-11-15/h2-14H,24H2,1H3. The number of nitrogens with two attached hydrogens (primary N) is 1. The Hall–Kier alpha value is -3.86. The highest BCUT2D eigenvalue weighted by Crippen LogP contribution is 2.39. The lowest BCUT2D eigenvalue weighted by Gasteiger charge is -2.14. The number of nitrogens with zero attached hydrogens (tertiary/aromatic N) is 1. The van der Waals surface area contributed by atoms with Gasteiger partial charge in [-0.15, -0.1) is 0 Å². The summed E-state index contributed by atoms with van der Waals surface area (Å²) in [5.41, 5.74) is 8.71. The molecule has 28 heavy (non-hydrogen) atoms. The van der Waals surface area contributed by atoms with Crippen LogP contribution >= 0.6 is 0 Å². The second-order valence-corrected chi connectivity index (χ2v) is 6.24. The summed E-state index contributed by atoms with van der Waals surface area (Å²) in [5, 5.41) is 1.51. The third-order valence-electron chi connectivity index (χ3n) is 4.46. The molecule has 2 N–H and O–H groups in total. The lowest BCUT2D eigenvalue weighted by Crippen LogP contribution is -2.08. The van der Waals surface area contributed by atoms with E-state index < -0.39 is 5.97 Å². The van der Waals surface area contributed by atoms with E-state index >= 15 is 0 Å². The van der Waals surface area contributed by atoms with Gasteiger partial charge in [-0.1, -0.05) is 36.4 Å². The predicted molar refractivity (Wildman–Crippen MR) is 110 cm³/mol. The van der Waals surface area contributed by atoms with Crippen molar-refractivity contribution >= 4 is 22.4 Å². The molecule has 1 aromatic heterocycles. The molecule has 0 saturated carbocycles. The third kappa shape index (κ3) is 3.25. The van der Waals surface area contributed by atoms with E-state index in [1.165, 1.54) is 0 Å². The van der Waals surface area contributed by atoms with Crippen molar-refractivity contribution in [3.63, 3.8) is 0 Å². The molecule has 0 atom stereocenters. The lowest BCUT2D eigenvalue weighted by atomic mass is 9.99. The molecule has 0 unspecified atom stereocenters. The number of pyridine rings is 1. The second-order valence-electron chi connectivity index (χ2n) is 6.24. The number of anilines is 1. The van der Waals surface area contributed by atoms with Gasteiger partial charge in [0, 0.05) is 28.2 Å². The van der Waals surface area contributed by atoms with E-state index in [1.807, 2.05) is 42.5 Å². The minimum Gasteiger partial charge on any atom is -0.481 e. The Morgan fingerprint density at radius 2 is 1.68 bits per heavy atom. The molecule has 1 heterocycles. The van der Waals surface area contributed by atoms with Gasteiger partial charge in [-0.05, 0) is 42.0 Å². The maximum Gasteiger partial charge on any atom is 0.343 e. The number of fused-ring (bicyclic) bond motifs is 1. The van der Waals surface area contributed by atoms with E-state index in [4.69, 9.17) is 15.2 Å². The van der Waals surface area contributed by atoms with Crippen molar-refractivity contribution in [1.82, 2.24) is 4.98 Å². The van der Waals surface area contributed by atoms with E-state index in [1.54, 1.807) is 43.6 Å². The van der Waals surface area contributed by atoms with Gasteiger partial charge in [0.05, 0.1) is 12.7 Å². The monoisotopic (exact) mass is 370 g/mol. The average molecular weight is 370 g/mol. The molecule has 0 bridgehead atoms. The number of benzene rings is 3.